The van der Waals surface area contributed by atoms with Gasteiger partial charge in [0.1, 0.15) is 0 Å². The van der Waals surface area contributed by atoms with Crippen LogP contribution in [0.25, 0.3) is 10.9 Å². The SMILES string of the molecule is Cc1cc(C(C)Nc2ccccc2C(=O)O)c2nc(N3CCC(C)CC3)n(C)c(=O)c2c1. The zero-order valence-electron chi connectivity index (χ0n) is 19.1. The molecule has 7 heteroatoms. The number of nitrogens with zero attached hydrogens (tertiary/aromatic N) is 3. The van der Waals surface area contributed by atoms with Crippen molar-refractivity contribution in [2.24, 2.45) is 13.0 Å². The number of carboxylic acids is 1. The fraction of sp³-hybridized carbons (Fsp3) is 0.400. The van der Waals surface area contributed by atoms with E-state index in [1.807, 2.05) is 26.0 Å². The summed E-state index contributed by atoms with van der Waals surface area (Å²) < 4.78 is 1.65. The summed E-state index contributed by atoms with van der Waals surface area (Å²) in [5, 5.41) is 13.4. The molecule has 0 saturated carbocycles. The zero-order valence-corrected chi connectivity index (χ0v) is 19.1. The number of hydrogen-bond acceptors (Lipinski definition) is 5. The Bertz CT molecular complexity index is 1230. The van der Waals surface area contributed by atoms with Gasteiger partial charge in [0.25, 0.3) is 5.56 Å². The molecule has 1 unspecified atom stereocenters. The van der Waals surface area contributed by atoms with E-state index in [0.29, 0.717) is 28.5 Å². The first-order chi connectivity index (χ1) is 15.3. The van der Waals surface area contributed by atoms with Crippen molar-refractivity contribution in [2.45, 2.75) is 39.7 Å². The molecule has 2 heterocycles. The van der Waals surface area contributed by atoms with E-state index in [4.69, 9.17) is 4.98 Å². The second-order valence-electron chi connectivity index (χ2n) is 8.91. The number of aromatic nitrogens is 2. The summed E-state index contributed by atoms with van der Waals surface area (Å²) in [6.45, 7) is 7.95. The lowest BCUT2D eigenvalue weighted by molar-refractivity contribution is 0.0698. The maximum absolute atomic E-state index is 13.3. The maximum atomic E-state index is 13.3. The summed E-state index contributed by atoms with van der Waals surface area (Å²) in [7, 11) is 1.79. The van der Waals surface area contributed by atoms with Gasteiger partial charge < -0.3 is 15.3 Å². The smallest absolute Gasteiger partial charge is 0.337 e. The van der Waals surface area contributed by atoms with Crippen LogP contribution in [-0.2, 0) is 7.05 Å². The van der Waals surface area contributed by atoms with E-state index >= 15 is 0 Å². The zero-order chi connectivity index (χ0) is 23.0. The number of aromatic carboxylic acids is 1. The van der Waals surface area contributed by atoms with Gasteiger partial charge in [-0.05, 0) is 56.4 Å². The quantitative estimate of drug-likeness (QED) is 0.621. The van der Waals surface area contributed by atoms with Gasteiger partial charge in [-0.2, -0.15) is 0 Å². The van der Waals surface area contributed by atoms with Gasteiger partial charge in [0.05, 0.1) is 22.5 Å². The van der Waals surface area contributed by atoms with Crippen molar-refractivity contribution >= 4 is 28.5 Å². The van der Waals surface area contributed by atoms with Crippen LogP contribution in [0.1, 0.15) is 54.2 Å². The van der Waals surface area contributed by atoms with Crippen molar-refractivity contribution in [2.75, 3.05) is 23.3 Å². The molecular formula is C25H30N4O3. The number of carboxylic acid groups (broad SMARTS) is 1. The van der Waals surface area contributed by atoms with E-state index in [2.05, 4.69) is 17.1 Å². The highest BCUT2D eigenvalue weighted by Crippen LogP contribution is 2.29. The molecule has 1 saturated heterocycles. The second-order valence-corrected chi connectivity index (χ2v) is 8.91. The van der Waals surface area contributed by atoms with Crippen LogP contribution >= 0.6 is 0 Å². The lowest BCUT2D eigenvalue weighted by Gasteiger charge is -2.32. The number of hydrogen-bond donors (Lipinski definition) is 2. The summed E-state index contributed by atoms with van der Waals surface area (Å²) >= 11 is 0. The largest absolute Gasteiger partial charge is 0.478 e. The van der Waals surface area contributed by atoms with Crippen molar-refractivity contribution in [1.82, 2.24) is 9.55 Å². The molecule has 32 heavy (non-hydrogen) atoms. The van der Waals surface area contributed by atoms with Crippen LogP contribution in [0.15, 0.2) is 41.2 Å². The third kappa shape index (κ3) is 4.07. The summed E-state index contributed by atoms with van der Waals surface area (Å²) in [5.41, 5.74) is 3.20. The molecule has 168 valence electrons. The highest BCUT2D eigenvalue weighted by molar-refractivity contribution is 5.94. The molecule has 0 spiro atoms. The average molecular weight is 435 g/mol. The molecule has 0 amide bonds. The Morgan fingerprint density at radius 1 is 1.22 bits per heavy atom. The number of carbonyl (C=O) groups is 1. The van der Waals surface area contributed by atoms with E-state index in [1.54, 1.807) is 35.9 Å². The van der Waals surface area contributed by atoms with Crippen LogP contribution in [0.2, 0.25) is 0 Å². The van der Waals surface area contributed by atoms with Crippen molar-refractivity contribution in [3.63, 3.8) is 0 Å². The highest BCUT2D eigenvalue weighted by atomic mass is 16.4. The number of piperidine rings is 1. The molecule has 4 rings (SSSR count). The standard InChI is InChI=1S/C25H30N4O3/c1-15-9-11-29(12-10-15)25-27-22-19(13-16(2)14-20(22)23(30)28(25)4)17(3)26-21-8-6-5-7-18(21)24(31)32/h5-8,13-15,17,26H,9-12H2,1-4H3,(H,31,32). The first-order valence-corrected chi connectivity index (χ1v) is 11.1. The molecular weight excluding hydrogens is 404 g/mol. The van der Waals surface area contributed by atoms with Gasteiger partial charge in [-0.1, -0.05) is 25.1 Å². The van der Waals surface area contributed by atoms with E-state index in [9.17, 15) is 14.7 Å². The molecule has 1 aromatic heterocycles. The first-order valence-electron chi connectivity index (χ1n) is 11.1. The Morgan fingerprint density at radius 2 is 1.91 bits per heavy atom. The number of benzene rings is 2. The van der Waals surface area contributed by atoms with Gasteiger partial charge in [-0.15, -0.1) is 0 Å². The van der Waals surface area contributed by atoms with E-state index in [1.165, 1.54) is 0 Å². The van der Waals surface area contributed by atoms with Crippen molar-refractivity contribution < 1.29 is 9.90 Å². The van der Waals surface area contributed by atoms with Gasteiger partial charge in [-0.25, -0.2) is 9.78 Å². The van der Waals surface area contributed by atoms with Crippen molar-refractivity contribution in [3.8, 4) is 0 Å². The Hall–Kier alpha value is -3.35. The van der Waals surface area contributed by atoms with Crippen LogP contribution in [0.4, 0.5) is 11.6 Å². The summed E-state index contributed by atoms with van der Waals surface area (Å²) in [6, 6.07) is 10.5. The van der Waals surface area contributed by atoms with Crippen LogP contribution in [0, 0.1) is 12.8 Å². The van der Waals surface area contributed by atoms with Crippen LogP contribution < -0.4 is 15.8 Å². The third-order valence-electron chi connectivity index (χ3n) is 6.39. The topological polar surface area (TPSA) is 87.5 Å². The Balaban J connectivity index is 1.81. The van der Waals surface area contributed by atoms with Gasteiger partial charge in [-0.3, -0.25) is 9.36 Å². The molecule has 1 aliphatic heterocycles. The number of fused-ring (bicyclic) bond motifs is 1. The number of nitrogens with one attached hydrogen (secondary N) is 1. The normalized spacial score (nSPS) is 15.7. The molecule has 1 atom stereocenters. The molecule has 1 fully saturated rings. The molecule has 3 aromatic rings. The third-order valence-corrected chi connectivity index (χ3v) is 6.39. The monoisotopic (exact) mass is 434 g/mol. The number of para-hydroxylation sites is 1. The van der Waals surface area contributed by atoms with E-state index in [-0.39, 0.29) is 17.2 Å². The van der Waals surface area contributed by atoms with Crippen molar-refractivity contribution in [1.29, 1.82) is 0 Å². The number of aryl methyl sites for hydroxylation is 1. The minimum atomic E-state index is -0.983. The van der Waals surface area contributed by atoms with Crippen LogP contribution in [0.3, 0.4) is 0 Å². The minimum absolute atomic E-state index is 0.0632. The first kappa shape index (κ1) is 21.9. The average Bonchev–Trinajstić information content (AvgIpc) is 2.77. The molecule has 2 N–H and O–H groups in total. The van der Waals surface area contributed by atoms with Gasteiger partial charge in [0.15, 0.2) is 0 Å². The van der Waals surface area contributed by atoms with Gasteiger partial charge in [0, 0.05) is 31.4 Å². The van der Waals surface area contributed by atoms with Crippen LogP contribution in [-0.4, -0.2) is 33.7 Å². The Morgan fingerprint density at radius 3 is 2.59 bits per heavy atom. The maximum Gasteiger partial charge on any atom is 0.337 e. The van der Waals surface area contributed by atoms with Crippen molar-refractivity contribution in [3.05, 3.63) is 63.4 Å². The van der Waals surface area contributed by atoms with Gasteiger partial charge in [0.2, 0.25) is 5.95 Å². The Labute approximate surface area is 187 Å². The fourth-order valence-electron chi connectivity index (χ4n) is 4.47. The molecule has 0 aliphatic carbocycles. The van der Waals surface area contributed by atoms with E-state index in [0.717, 1.165) is 37.1 Å². The lowest BCUT2D eigenvalue weighted by Crippen LogP contribution is -2.37. The summed E-state index contributed by atoms with van der Waals surface area (Å²) in [6.07, 6.45) is 2.16. The van der Waals surface area contributed by atoms with Gasteiger partial charge >= 0.3 is 5.97 Å². The second kappa shape index (κ2) is 8.65. The van der Waals surface area contributed by atoms with E-state index < -0.39 is 5.97 Å². The summed E-state index contributed by atoms with van der Waals surface area (Å²) in [4.78, 5) is 32.1. The summed E-state index contributed by atoms with van der Waals surface area (Å²) in [5.74, 6) is 0.390. The molecule has 0 bridgehead atoms. The molecule has 0 radical (unpaired) electrons. The Kier molecular flexibility index (Phi) is 5.91. The molecule has 2 aromatic carbocycles. The predicted octanol–water partition coefficient (Wildman–Crippen LogP) is 4.35. The van der Waals surface area contributed by atoms with Crippen LogP contribution in [0.5, 0.6) is 0 Å². The number of anilines is 2. The molecule has 7 nitrogen and oxygen atoms in total. The highest BCUT2D eigenvalue weighted by Gasteiger charge is 2.23. The lowest BCUT2D eigenvalue weighted by atomic mass is 9.99. The fourth-order valence-corrected chi connectivity index (χ4v) is 4.47. The number of rotatable bonds is 5. The minimum Gasteiger partial charge on any atom is -0.478 e. The molecule has 1 aliphatic rings. The predicted molar refractivity (Wildman–Crippen MR) is 128 cm³/mol.